The van der Waals surface area contributed by atoms with Crippen molar-refractivity contribution in [1.29, 1.82) is 0 Å². The Hall–Kier alpha value is -3.57. The van der Waals surface area contributed by atoms with Gasteiger partial charge in [-0.15, -0.1) is 22.0 Å². The summed E-state index contributed by atoms with van der Waals surface area (Å²) in [6.07, 6.45) is -1.47. The van der Waals surface area contributed by atoms with Gasteiger partial charge in [-0.3, -0.25) is 24.1 Å². The van der Waals surface area contributed by atoms with E-state index in [1.165, 1.54) is 41.0 Å². The van der Waals surface area contributed by atoms with Crippen molar-refractivity contribution in [1.82, 2.24) is 25.7 Å². The van der Waals surface area contributed by atoms with Crippen LogP contribution in [0.15, 0.2) is 35.5 Å². The third-order valence-electron chi connectivity index (χ3n) is 7.20. The van der Waals surface area contributed by atoms with E-state index in [2.05, 4.69) is 20.8 Å². The van der Waals surface area contributed by atoms with Gasteiger partial charge >= 0.3 is 11.9 Å². The molecular formula is C28H29N5O8S3. The normalized spacial score (nSPS) is 22.4. The molecule has 0 aliphatic carbocycles. The van der Waals surface area contributed by atoms with Gasteiger partial charge in [0.05, 0.1) is 10.9 Å². The van der Waals surface area contributed by atoms with Crippen molar-refractivity contribution in [3.63, 3.8) is 0 Å². The average molecular weight is 660 g/mol. The van der Waals surface area contributed by atoms with Crippen LogP contribution in [0.4, 0.5) is 0 Å². The smallest absolute Gasteiger partial charge is 0.358 e. The Labute approximate surface area is 265 Å². The lowest BCUT2D eigenvalue weighted by atomic mass is 9.94. The maximum Gasteiger partial charge on any atom is 0.358 e. The second-order valence-corrected chi connectivity index (χ2v) is 13.0. The second kappa shape index (κ2) is 13.2. The van der Waals surface area contributed by atoms with Crippen LogP contribution < -0.4 is 10.6 Å². The maximum absolute atomic E-state index is 13.5. The van der Waals surface area contributed by atoms with Gasteiger partial charge in [0.1, 0.15) is 22.1 Å². The number of aromatic nitrogens is 2. The molecule has 3 N–H and O–H groups in total. The van der Waals surface area contributed by atoms with Crippen molar-refractivity contribution in [3.8, 4) is 0 Å². The first-order valence-electron chi connectivity index (χ1n) is 13.7. The summed E-state index contributed by atoms with van der Waals surface area (Å²) in [6, 6.07) is 4.84. The lowest BCUT2D eigenvalue weighted by Gasteiger charge is -2.49. The topological polar surface area (TPSA) is 177 Å². The summed E-state index contributed by atoms with van der Waals surface area (Å²) in [5, 5.41) is 25.0. The van der Waals surface area contributed by atoms with E-state index in [0.717, 1.165) is 13.3 Å². The zero-order valence-electron chi connectivity index (χ0n) is 23.9. The van der Waals surface area contributed by atoms with Gasteiger partial charge < -0.3 is 25.2 Å². The summed E-state index contributed by atoms with van der Waals surface area (Å²) < 4.78 is 10.2. The molecule has 2 amide bonds. The molecule has 1 aromatic carbocycles. The van der Waals surface area contributed by atoms with E-state index in [1.807, 2.05) is 0 Å². The zero-order chi connectivity index (χ0) is 31.7. The average Bonchev–Trinajstić information content (AvgIpc) is 3.69. The number of ether oxygens (including phenoxy) is 2. The molecular weight excluding hydrogens is 631 g/mol. The summed E-state index contributed by atoms with van der Waals surface area (Å²) in [5.74, 6) is -3.18. The summed E-state index contributed by atoms with van der Waals surface area (Å²) in [5.41, 5.74) is 0.514. The maximum atomic E-state index is 13.5. The molecule has 2 fully saturated rings. The number of aliphatic hydroxyl groups is 1. The monoisotopic (exact) mass is 659 g/mol. The van der Waals surface area contributed by atoms with Crippen LogP contribution in [0.2, 0.25) is 0 Å². The third kappa shape index (κ3) is 6.30. The number of carbonyl (C=O) groups excluding carboxylic acids is 5. The molecule has 1 aromatic heterocycles. The van der Waals surface area contributed by atoms with Crippen LogP contribution in [-0.2, 0) is 28.7 Å². The van der Waals surface area contributed by atoms with Crippen LogP contribution in [-0.4, -0.2) is 90.6 Å². The van der Waals surface area contributed by atoms with Gasteiger partial charge in [-0.1, -0.05) is 47.8 Å². The molecule has 4 heterocycles. The number of nitrogens with zero attached hydrogens (tertiary/aromatic N) is 3. The molecule has 0 spiro atoms. The van der Waals surface area contributed by atoms with Gasteiger partial charge in [-0.25, -0.2) is 4.79 Å². The number of hydrogen-bond acceptors (Lipinski definition) is 14. The number of carbonyl (C=O) groups is 5. The molecule has 3 unspecified atom stereocenters. The van der Waals surface area contributed by atoms with Crippen LogP contribution >= 0.6 is 35.3 Å². The largest absolute Gasteiger partial charge is 0.426 e. The number of rotatable bonds is 10. The number of ketones is 1. The van der Waals surface area contributed by atoms with Crippen molar-refractivity contribution in [3.05, 3.63) is 56.7 Å². The Morgan fingerprint density at radius 1 is 1.20 bits per heavy atom. The number of β-lactam (4-membered cyclic amide) rings is 1. The van der Waals surface area contributed by atoms with Crippen molar-refractivity contribution < 1.29 is 38.6 Å². The number of benzene rings is 1. The van der Waals surface area contributed by atoms with Gasteiger partial charge in [0, 0.05) is 36.3 Å². The molecule has 3 aliphatic rings. The fraction of sp³-hybridized carbons (Fsp3) is 0.429. The van der Waals surface area contributed by atoms with Gasteiger partial charge in [0.2, 0.25) is 6.29 Å². The first-order chi connectivity index (χ1) is 21.0. The highest BCUT2D eigenvalue weighted by atomic mass is 32.2. The molecule has 232 valence electrons. The quantitative estimate of drug-likeness (QED) is 0.110. The van der Waals surface area contributed by atoms with E-state index < -0.39 is 53.6 Å². The number of fused-ring (bicyclic) bond motifs is 1. The molecule has 0 radical (unpaired) electrons. The standard InChI is InChI=1S/C28H29N5O8S3/c1-12-31-32-25(44-12)23(42)17-11-43-27-19(26(38)33(27)20(17)28(39)41-14(3)40-13(2)34)30-24(37)22(36)16-8-5-4-7-15(16)21(35)18-9-6-10-29-18/h4-5,7-8,14,18-19,22,27,29,36H,6,9-11H2,1-3H3,(H,30,37)/t14?,18-,19?,22?,27-/m0/s1. The van der Waals surface area contributed by atoms with E-state index in [0.29, 0.717) is 28.6 Å². The highest BCUT2D eigenvalue weighted by Gasteiger charge is 2.55. The van der Waals surface area contributed by atoms with Gasteiger partial charge in [0.25, 0.3) is 11.8 Å². The van der Waals surface area contributed by atoms with Crippen LogP contribution in [0, 0.1) is 6.92 Å². The van der Waals surface area contributed by atoms with Crippen molar-refractivity contribution >= 4 is 69.7 Å². The van der Waals surface area contributed by atoms with Gasteiger partial charge in [-0.2, -0.15) is 0 Å². The minimum atomic E-state index is -1.72. The molecule has 0 bridgehead atoms. The minimum Gasteiger partial charge on any atom is -0.426 e. The summed E-state index contributed by atoms with van der Waals surface area (Å²) in [4.78, 5) is 65.9. The first-order valence-corrected chi connectivity index (χ1v) is 16.0. The highest BCUT2D eigenvalue weighted by Crippen LogP contribution is 2.42. The SMILES string of the molecule is CC(=O)OC(C)OC(=O)C1=C(C(=S)c2nnc(C)s2)CS[C@H]2C(NC(=O)C(O)c3ccccc3C(=O)[C@@H]3CCCN3)C(=O)N12. The van der Waals surface area contributed by atoms with Crippen molar-refractivity contribution in [2.45, 2.75) is 63.5 Å². The Morgan fingerprint density at radius 3 is 2.61 bits per heavy atom. The van der Waals surface area contributed by atoms with E-state index in [1.54, 1.807) is 25.1 Å². The van der Waals surface area contributed by atoms with Crippen LogP contribution in [0.25, 0.3) is 0 Å². The van der Waals surface area contributed by atoms with Crippen LogP contribution in [0.5, 0.6) is 0 Å². The number of Topliss-reactive ketones (excluding diaryl/α,β-unsaturated/α-hetero) is 1. The third-order valence-corrected chi connectivity index (χ3v) is 9.91. The molecule has 16 heteroatoms. The molecule has 44 heavy (non-hydrogen) atoms. The van der Waals surface area contributed by atoms with E-state index >= 15 is 0 Å². The number of hydrogen-bond donors (Lipinski definition) is 3. The van der Waals surface area contributed by atoms with Crippen LogP contribution in [0.3, 0.4) is 0 Å². The second-order valence-electron chi connectivity index (χ2n) is 10.3. The lowest BCUT2D eigenvalue weighted by Crippen LogP contribution is -2.71. The molecule has 5 rings (SSSR count). The number of nitrogens with one attached hydrogen (secondary N) is 2. The van der Waals surface area contributed by atoms with Crippen molar-refractivity contribution in [2.75, 3.05) is 12.3 Å². The Balaban J connectivity index is 1.37. The molecule has 3 aliphatic heterocycles. The number of esters is 2. The van der Waals surface area contributed by atoms with Crippen LogP contribution in [0.1, 0.15) is 58.7 Å². The minimum absolute atomic E-state index is 0.132. The van der Waals surface area contributed by atoms with Gasteiger partial charge in [0.15, 0.2) is 16.9 Å². The fourth-order valence-electron chi connectivity index (χ4n) is 5.19. The predicted octanol–water partition coefficient (Wildman–Crippen LogP) is 1.34. The van der Waals surface area contributed by atoms with E-state index in [9.17, 15) is 29.1 Å². The summed E-state index contributed by atoms with van der Waals surface area (Å²) in [6.45, 7) is 4.98. The number of aliphatic hydroxyl groups excluding tert-OH is 1. The van der Waals surface area contributed by atoms with Crippen molar-refractivity contribution in [2.24, 2.45) is 0 Å². The number of amides is 2. The highest BCUT2D eigenvalue weighted by molar-refractivity contribution is 8.00. The molecule has 0 saturated carbocycles. The van der Waals surface area contributed by atoms with E-state index in [-0.39, 0.29) is 33.2 Å². The number of thioether (sulfide) groups is 1. The molecule has 2 aromatic rings. The molecule has 13 nitrogen and oxygen atoms in total. The molecule has 5 atom stereocenters. The number of aryl methyl sites for hydroxylation is 1. The zero-order valence-corrected chi connectivity index (χ0v) is 26.3. The lowest BCUT2D eigenvalue weighted by molar-refractivity contribution is -0.182. The fourth-order valence-corrected chi connectivity index (χ4v) is 7.63. The first kappa shape index (κ1) is 31.8. The Bertz CT molecular complexity index is 1570. The van der Waals surface area contributed by atoms with Gasteiger partial charge in [-0.05, 0) is 26.3 Å². The Morgan fingerprint density at radius 2 is 1.95 bits per heavy atom. The Kier molecular flexibility index (Phi) is 9.55. The summed E-state index contributed by atoms with van der Waals surface area (Å²) in [7, 11) is 0. The van der Waals surface area contributed by atoms with E-state index in [4.69, 9.17) is 21.7 Å². The summed E-state index contributed by atoms with van der Waals surface area (Å²) >= 11 is 8.09. The number of thiocarbonyl (C=S) groups is 1. The molecule has 2 saturated heterocycles. The predicted molar refractivity (Wildman–Crippen MR) is 162 cm³/mol.